The minimum atomic E-state index is -0.308. The van der Waals surface area contributed by atoms with Crippen LogP contribution in [0.5, 0.6) is 11.5 Å². The summed E-state index contributed by atoms with van der Waals surface area (Å²) in [5, 5.41) is 2.86. The number of carbonyl (C=O) groups excluding carboxylic acids is 2. The van der Waals surface area contributed by atoms with Crippen LogP contribution in [-0.2, 0) is 16.0 Å². The van der Waals surface area contributed by atoms with Gasteiger partial charge in [-0.15, -0.1) is 0 Å². The molecule has 1 N–H and O–H groups in total. The van der Waals surface area contributed by atoms with Crippen molar-refractivity contribution in [2.75, 3.05) is 30.0 Å². The summed E-state index contributed by atoms with van der Waals surface area (Å²) >= 11 is 3.46. The van der Waals surface area contributed by atoms with E-state index in [0.717, 1.165) is 22.1 Å². The number of fused-ring (bicyclic) bond motifs is 1. The van der Waals surface area contributed by atoms with Crippen LogP contribution in [0.2, 0.25) is 0 Å². The van der Waals surface area contributed by atoms with Crippen LogP contribution in [-0.4, -0.2) is 31.6 Å². The Balaban J connectivity index is 1.73. The molecule has 0 spiro atoms. The number of ether oxygens (including phenoxy) is 2. The quantitative estimate of drug-likeness (QED) is 0.753. The summed E-state index contributed by atoms with van der Waals surface area (Å²) < 4.78 is 12.0. The minimum absolute atomic E-state index is 0.0477. The van der Waals surface area contributed by atoms with Gasteiger partial charge in [0.2, 0.25) is 5.91 Å². The molecule has 0 saturated heterocycles. The highest BCUT2D eigenvalue weighted by Crippen LogP contribution is 2.38. The first-order chi connectivity index (χ1) is 13.0. The number of nitrogens with zero attached hydrogens (tertiary/aromatic N) is 1. The summed E-state index contributed by atoms with van der Waals surface area (Å²) in [6, 6.07) is 11.0. The smallest absolute Gasteiger partial charge is 0.262 e. The zero-order valence-corrected chi connectivity index (χ0v) is 16.8. The Bertz CT molecular complexity index is 869. The van der Waals surface area contributed by atoms with Crippen molar-refractivity contribution in [1.29, 1.82) is 0 Å². The minimum Gasteiger partial charge on any atom is -0.490 e. The zero-order chi connectivity index (χ0) is 19.4. The average molecular weight is 433 g/mol. The van der Waals surface area contributed by atoms with E-state index < -0.39 is 0 Å². The van der Waals surface area contributed by atoms with E-state index in [4.69, 9.17) is 9.47 Å². The van der Waals surface area contributed by atoms with E-state index in [9.17, 15) is 9.59 Å². The first kappa shape index (κ1) is 19.2. The Morgan fingerprint density at radius 1 is 1.19 bits per heavy atom. The number of halogens is 1. The molecule has 1 aliphatic rings. The molecule has 2 aromatic rings. The monoisotopic (exact) mass is 432 g/mol. The molecule has 2 amide bonds. The molecule has 27 heavy (non-hydrogen) atoms. The molecule has 0 saturated carbocycles. The van der Waals surface area contributed by atoms with E-state index in [2.05, 4.69) is 21.2 Å². The number of benzene rings is 2. The molecule has 0 atom stereocenters. The van der Waals surface area contributed by atoms with Crippen molar-refractivity contribution in [3.63, 3.8) is 0 Å². The van der Waals surface area contributed by atoms with Crippen molar-refractivity contribution in [1.82, 2.24) is 0 Å². The number of para-hydroxylation sites is 2. The van der Waals surface area contributed by atoms with Crippen molar-refractivity contribution in [2.24, 2.45) is 0 Å². The molecule has 0 aromatic heterocycles. The Morgan fingerprint density at radius 3 is 2.56 bits per heavy atom. The fourth-order valence-electron chi connectivity index (χ4n) is 3.09. The second kappa shape index (κ2) is 8.43. The number of nitrogens with one attached hydrogen (secondary N) is 1. The topological polar surface area (TPSA) is 67.9 Å². The Labute approximate surface area is 166 Å². The third-order valence-electron chi connectivity index (χ3n) is 4.19. The first-order valence-electron chi connectivity index (χ1n) is 8.74. The van der Waals surface area contributed by atoms with Gasteiger partial charge in [-0.05, 0) is 43.2 Å². The van der Waals surface area contributed by atoms with Gasteiger partial charge in [0.15, 0.2) is 18.1 Å². The lowest BCUT2D eigenvalue weighted by Gasteiger charge is -2.19. The third kappa shape index (κ3) is 4.42. The highest BCUT2D eigenvalue weighted by Gasteiger charge is 2.26. The molecular weight excluding hydrogens is 412 g/mol. The van der Waals surface area contributed by atoms with Gasteiger partial charge in [0.1, 0.15) is 0 Å². The Morgan fingerprint density at radius 2 is 1.89 bits per heavy atom. The summed E-state index contributed by atoms with van der Waals surface area (Å²) in [5.41, 5.74) is 2.38. The van der Waals surface area contributed by atoms with Crippen molar-refractivity contribution >= 4 is 39.1 Å². The molecular formula is C20H21BrN2O4. The lowest BCUT2D eigenvalue weighted by Crippen LogP contribution is -2.28. The van der Waals surface area contributed by atoms with Gasteiger partial charge in [0.05, 0.1) is 18.0 Å². The number of hydrogen-bond acceptors (Lipinski definition) is 4. The molecule has 0 fully saturated rings. The molecule has 3 rings (SSSR count). The van der Waals surface area contributed by atoms with Crippen LogP contribution >= 0.6 is 15.9 Å². The molecule has 0 unspecified atom stereocenters. The fraction of sp³-hybridized carbons (Fsp3) is 0.300. The van der Waals surface area contributed by atoms with Crippen LogP contribution in [0.3, 0.4) is 0 Å². The van der Waals surface area contributed by atoms with Crippen molar-refractivity contribution in [2.45, 2.75) is 20.3 Å². The third-order valence-corrected chi connectivity index (χ3v) is 4.65. The first-order valence-corrected chi connectivity index (χ1v) is 9.54. The van der Waals surface area contributed by atoms with E-state index >= 15 is 0 Å². The van der Waals surface area contributed by atoms with Crippen molar-refractivity contribution in [3.8, 4) is 11.5 Å². The Kier molecular flexibility index (Phi) is 6.01. The summed E-state index contributed by atoms with van der Waals surface area (Å²) in [5.74, 6) is 0.753. The number of carbonyl (C=O) groups is 2. The number of anilines is 2. The molecule has 2 aromatic carbocycles. The molecule has 0 bridgehead atoms. The molecule has 0 radical (unpaired) electrons. The fourth-order valence-corrected chi connectivity index (χ4v) is 3.60. The average Bonchev–Trinajstić information content (AvgIpc) is 3.05. The highest BCUT2D eigenvalue weighted by molar-refractivity contribution is 9.10. The number of rotatable bonds is 6. The highest BCUT2D eigenvalue weighted by atomic mass is 79.9. The van der Waals surface area contributed by atoms with Crippen LogP contribution in [0, 0.1) is 0 Å². The van der Waals surface area contributed by atoms with E-state index in [1.165, 1.54) is 6.92 Å². The van der Waals surface area contributed by atoms with Crippen LogP contribution in [0.1, 0.15) is 19.4 Å². The van der Waals surface area contributed by atoms with E-state index in [-0.39, 0.29) is 18.4 Å². The van der Waals surface area contributed by atoms with Gasteiger partial charge in [-0.2, -0.15) is 0 Å². The molecule has 7 heteroatoms. The SMILES string of the molecule is CCOc1ccccc1OCC(=O)Nc1cc(Br)cc2c1N(C(C)=O)CC2. The lowest BCUT2D eigenvalue weighted by atomic mass is 10.1. The molecule has 6 nitrogen and oxygen atoms in total. The summed E-state index contributed by atoms with van der Waals surface area (Å²) in [6.45, 7) is 4.37. The summed E-state index contributed by atoms with van der Waals surface area (Å²) in [4.78, 5) is 26.0. The second-order valence-corrected chi connectivity index (χ2v) is 7.01. The van der Waals surface area contributed by atoms with Crippen LogP contribution in [0.4, 0.5) is 11.4 Å². The standard InChI is InChI=1S/C20H21BrN2O4/c1-3-26-17-6-4-5-7-18(17)27-12-19(25)22-16-11-15(21)10-14-8-9-23(13(2)24)20(14)16/h4-7,10-11H,3,8-9,12H2,1-2H3,(H,22,25). The largest absolute Gasteiger partial charge is 0.490 e. The normalized spacial score (nSPS) is 12.5. The van der Waals surface area contributed by atoms with Crippen LogP contribution < -0.4 is 19.7 Å². The van der Waals surface area contributed by atoms with Crippen LogP contribution in [0.15, 0.2) is 40.9 Å². The zero-order valence-electron chi connectivity index (χ0n) is 15.3. The van der Waals surface area contributed by atoms with E-state index in [1.54, 1.807) is 23.1 Å². The summed E-state index contributed by atoms with van der Waals surface area (Å²) in [6.07, 6.45) is 0.759. The number of hydrogen-bond donors (Lipinski definition) is 1. The predicted octanol–water partition coefficient (Wildman–Crippen LogP) is 3.77. The maximum absolute atomic E-state index is 12.4. The van der Waals surface area contributed by atoms with Gasteiger partial charge in [-0.1, -0.05) is 28.1 Å². The van der Waals surface area contributed by atoms with E-state index in [0.29, 0.717) is 30.3 Å². The summed E-state index contributed by atoms with van der Waals surface area (Å²) in [7, 11) is 0. The second-order valence-electron chi connectivity index (χ2n) is 6.10. The van der Waals surface area contributed by atoms with E-state index in [1.807, 2.05) is 25.1 Å². The maximum atomic E-state index is 12.4. The van der Waals surface area contributed by atoms with Gasteiger partial charge in [0, 0.05) is 17.9 Å². The van der Waals surface area contributed by atoms with Gasteiger partial charge < -0.3 is 19.7 Å². The molecule has 1 heterocycles. The van der Waals surface area contributed by atoms with Gasteiger partial charge in [0.25, 0.3) is 5.91 Å². The van der Waals surface area contributed by atoms with Gasteiger partial charge in [-0.25, -0.2) is 0 Å². The molecule has 1 aliphatic heterocycles. The maximum Gasteiger partial charge on any atom is 0.262 e. The number of amides is 2. The van der Waals surface area contributed by atoms with Crippen LogP contribution in [0.25, 0.3) is 0 Å². The lowest BCUT2D eigenvalue weighted by molar-refractivity contribution is -0.118. The van der Waals surface area contributed by atoms with Crippen molar-refractivity contribution in [3.05, 3.63) is 46.4 Å². The Hall–Kier alpha value is -2.54. The van der Waals surface area contributed by atoms with Crippen molar-refractivity contribution < 1.29 is 19.1 Å². The molecule has 142 valence electrons. The predicted molar refractivity (Wildman–Crippen MR) is 108 cm³/mol. The molecule has 0 aliphatic carbocycles. The van der Waals surface area contributed by atoms with Gasteiger partial charge in [-0.3, -0.25) is 9.59 Å². The van der Waals surface area contributed by atoms with Gasteiger partial charge >= 0.3 is 0 Å².